The Hall–Kier alpha value is -2.89. The first-order valence-corrected chi connectivity index (χ1v) is 30.8. The van der Waals surface area contributed by atoms with Crippen molar-refractivity contribution < 1.29 is 28.6 Å². The number of allylic oxidation sites excluding steroid dienone is 10. The Morgan fingerprint density at radius 2 is 0.521 bits per heavy atom. The van der Waals surface area contributed by atoms with Gasteiger partial charge in [-0.25, -0.2) is 0 Å². The summed E-state index contributed by atoms with van der Waals surface area (Å²) in [5.41, 5.74) is 0. The molecular weight excluding hydrogens is 877 g/mol. The minimum absolute atomic E-state index is 0.0928. The van der Waals surface area contributed by atoms with Gasteiger partial charge in [-0.3, -0.25) is 14.4 Å². The molecule has 6 heteroatoms. The lowest BCUT2D eigenvalue weighted by atomic mass is 10.0. The van der Waals surface area contributed by atoms with Gasteiger partial charge in [-0.05, 0) is 83.5 Å². The standard InChI is InChI=1S/C65H116O6/c1-4-7-10-13-16-19-22-25-28-30-31-32-33-35-38-40-43-46-49-52-55-58-64(67)70-61-62(71-65(68)59-56-53-50-47-44-41-36-27-24-21-18-15-12-9-6-3)60-69-63(66)57-54-51-48-45-42-39-37-34-29-26-23-20-17-14-11-8-5-2/h18,21,26-27,29,36-37,39,45,48,62H,4-17,19-20,22-25,28,30-35,38,40-44,46-47,49-61H2,1-3H3/b21-18-,29-26-,36-27-,39-37-,48-45-/t62-/m1/s1. The van der Waals surface area contributed by atoms with Crippen molar-refractivity contribution in [2.75, 3.05) is 13.2 Å². The normalized spacial score (nSPS) is 12.4. The fraction of sp³-hybridized carbons (Fsp3) is 0.800. The first-order chi connectivity index (χ1) is 35.0. The quantitative estimate of drug-likeness (QED) is 0.0261. The number of rotatable bonds is 56. The average Bonchev–Trinajstić information content (AvgIpc) is 3.37. The molecule has 6 nitrogen and oxygen atoms in total. The van der Waals surface area contributed by atoms with Gasteiger partial charge < -0.3 is 14.2 Å². The molecule has 1 atom stereocenters. The molecule has 71 heavy (non-hydrogen) atoms. The van der Waals surface area contributed by atoms with Crippen LogP contribution >= 0.6 is 0 Å². The highest BCUT2D eigenvalue weighted by Crippen LogP contribution is 2.17. The second-order valence-electron chi connectivity index (χ2n) is 20.6. The summed E-state index contributed by atoms with van der Waals surface area (Å²) in [7, 11) is 0. The summed E-state index contributed by atoms with van der Waals surface area (Å²) in [6, 6.07) is 0. The zero-order valence-corrected chi connectivity index (χ0v) is 47.2. The summed E-state index contributed by atoms with van der Waals surface area (Å²) in [6.45, 7) is 6.59. The highest BCUT2D eigenvalue weighted by molar-refractivity contribution is 5.71. The van der Waals surface area contributed by atoms with Gasteiger partial charge in [0, 0.05) is 19.3 Å². The number of esters is 3. The first-order valence-electron chi connectivity index (χ1n) is 30.8. The third-order valence-electron chi connectivity index (χ3n) is 13.5. The van der Waals surface area contributed by atoms with Crippen LogP contribution in [0.15, 0.2) is 60.8 Å². The van der Waals surface area contributed by atoms with E-state index in [1.165, 1.54) is 186 Å². The van der Waals surface area contributed by atoms with E-state index in [-0.39, 0.29) is 37.5 Å². The summed E-state index contributed by atoms with van der Waals surface area (Å²) in [5, 5.41) is 0. The van der Waals surface area contributed by atoms with Crippen molar-refractivity contribution in [2.45, 2.75) is 322 Å². The molecule has 0 bridgehead atoms. The Labute approximate surface area is 440 Å². The summed E-state index contributed by atoms with van der Waals surface area (Å²) in [4.78, 5) is 38.2. The van der Waals surface area contributed by atoms with Crippen LogP contribution in [-0.4, -0.2) is 37.2 Å². The number of hydrogen-bond acceptors (Lipinski definition) is 6. The maximum atomic E-state index is 12.9. The molecule has 0 aliphatic carbocycles. The highest BCUT2D eigenvalue weighted by atomic mass is 16.6. The van der Waals surface area contributed by atoms with Crippen LogP contribution in [0.4, 0.5) is 0 Å². The van der Waals surface area contributed by atoms with E-state index in [0.29, 0.717) is 19.3 Å². The second-order valence-corrected chi connectivity index (χ2v) is 20.6. The molecule has 0 aromatic heterocycles. The van der Waals surface area contributed by atoms with E-state index >= 15 is 0 Å². The van der Waals surface area contributed by atoms with Gasteiger partial charge in [0.25, 0.3) is 0 Å². The van der Waals surface area contributed by atoms with Crippen LogP contribution in [0.25, 0.3) is 0 Å². The van der Waals surface area contributed by atoms with Crippen LogP contribution < -0.4 is 0 Å². The minimum Gasteiger partial charge on any atom is -0.462 e. The molecule has 0 aliphatic rings. The lowest BCUT2D eigenvalue weighted by Crippen LogP contribution is -2.30. The van der Waals surface area contributed by atoms with E-state index < -0.39 is 6.10 Å². The van der Waals surface area contributed by atoms with Gasteiger partial charge in [-0.15, -0.1) is 0 Å². The molecule has 0 rings (SSSR count). The summed E-state index contributed by atoms with van der Waals surface area (Å²) in [6.07, 6.45) is 75.1. The molecule has 0 aromatic rings. The highest BCUT2D eigenvalue weighted by Gasteiger charge is 2.19. The third kappa shape index (κ3) is 57.9. The van der Waals surface area contributed by atoms with Gasteiger partial charge in [-0.1, -0.05) is 274 Å². The molecule has 0 saturated heterocycles. The number of carbonyl (C=O) groups excluding carboxylic acids is 3. The largest absolute Gasteiger partial charge is 0.462 e. The van der Waals surface area contributed by atoms with E-state index in [2.05, 4.69) is 81.5 Å². The van der Waals surface area contributed by atoms with Crippen molar-refractivity contribution in [2.24, 2.45) is 0 Å². The molecule has 0 saturated carbocycles. The molecule has 0 aromatic carbocycles. The molecule has 0 heterocycles. The minimum atomic E-state index is -0.801. The van der Waals surface area contributed by atoms with E-state index in [0.717, 1.165) is 83.5 Å². The van der Waals surface area contributed by atoms with Crippen molar-refractivity contribution in [3.8, 4) is 0 Å². The van der Waals surface area contributed by atoms with E-state index in [4.69, 9.17) is 14.2 Å². The van der Waals surface area contributed by atoms with Gasteiger partial charge in [-0.2, -0.15) is 0 Å². The zero-order valence-electron chi connectivity index (χ0n) is 47.2. The number of ether oxygens (including phenoxy) is 3. The predicted octanol–water partition coefficient (Wildman–Crippen LogP) is 20.8. The molecule has 0 amide bonds. The molecular formula is C65H116O6. The van der Waals surface area contributed by atoms with Gasteiger partial charge in [0.2, 0.25) is 0 Å². The van der Waals surface area contributed by atoms with Crippen LogP contribution in [0.3, 0.4) is 0 Å². The second kappa shape index (κ2) is 59.7. The Morgan fingerprint density at radius 1 is 0.282 bits per heavy atom. The fourth-order valence-corrected chi connectivity index (χ4v) is 8.84. The van der Waals surface area contributed by atoms with Crippen LogP contribution in [0, 0.1) is 0 Å². The zero-order chi connectivity index (χ0) is 51.4. The summed E-state index contributed by atoms with van der Waals surface area (Å²) >= 11 is 0. The number of unbranched alkanes of at least 4 members (excludes halogenated alkanes) is 35. The third-order valence-corrected chi connectivity index (χ3v) is 13.5. The Balaban J connectivity index is 4.39. The molecule has 0 N–H and O–H groups in total. The topological polar surface area (TPSA) is 78.9 Å². The van der Waals surface area contributed by atoms with Crippen LogP contribution in [-0.2, 0) is 28.6 Å². The lowest BCUT2D eigenvalue weighted by Gasteiger charge is -2.18. The average molecular weight is 994 g/mol. The first kappa shape index (κ1) is 68.1. The van der Waals surface area contributed by atoms with Crippen molar-refractivity contribution in [1.82, 2.24) is 0 Å². The molecule has 0 unspecified atom stereocenters. The van der Waals surface area contributed by atoms with Crippen molar-refractivity contribution in [1.29, 1.82) is 0 Å². The summed E-state index contributed by atoms with van der Waals surface area (Å²) in [5.74, 6) is -0.947. The van der Waals surface area contributed by atoms with Gasteiger partial charge in [0.05, 0.1) is 0 Å². The van der Waals surface area contributed by atoms with Crippen molar-refractivity contribution in [3.63, 3.8) is 0 Å². The maximum absolute atomic E-state index is 12.9. The Kier molecular flexibility index (Phi) is 57.2. The van der Waals surface area contributed by atoms with Crippen LogP contribution in [0.5, 0.6) is 0 Å². The SMILES string of the molecule is CCCCC/C=C\C/C=C\CCCCCCCC(=O)O[C@H](COC(=O)CCC/C=C\C/C=C\C/C=C\CCCCCCCC)COC(=O)CCCCCCCCCCCCCCCCCCCCCCC. The number of carbonyl (C=O) groups is 3. The molecule has 0 aliphatic heterocycles. The van der Waals surface area contributed by atoms with E-state index in [1.807, 2.05) is 0 Å². The Morgan fingerprint density at radius 3 is 0.873 bits per heavy atom. The molecule has 0 fully saturated rings. The van der Waals surface area contributed by atoms with Gasteiger partial charge in [0.1, 0.15) is 13.2 Å². The molecule has 0 spiro atoms. The fourth-order valence-electron chi connectivity index (χ4n) is 8.84. The van der Waals surface area contributed by atoms with Crippen molar-refractivity contribution in [3.05, 3.63) is 60.8 Å². The smallest absolute Gasteiger partial charge is 0.306 e. The lowest BCUT2D eigenvalue weighted by molar-refractivity contribution is -0.167. The van der Waals surface area contributed by atoms with Gasteiger partial charge >= 0.3 is 17.9 Å². The van der Waals surface area contributed by atoms with Crippen LogP contribution in [0.2, 0.25) is 0 Å². The summed E-state index contributed by atoms with van der Waals surface area (Å²) < 4.78 is 16.9. The Bertz CT molecular complexity index is 1280. The predicted molar refractivity (Wildman–Crippen MR) is 307 cm³/mol. The van der Waals surface area contributed by atoms with E-state index in [1.54, 1.807) is 0 Å². The molecule has 412 valence electrons. The maximum Gasteiger partial charge on any atom is 0.306 e. The van der Waals surface area contributed by atoms with Crippen molar-refractivity contribution >= 4 is 17.9 Å². The van der Waals surface area contributed by atoms with E-state index in [9.17, 15) is 14.4 Å². The van der Waals surface area contributed by atoms with Gasteiger partial charge in [0.15, 0.2) is 6.10 Å². The van der Waals surface area contributed by atoms with Crippen LogP contribution in [0.1, 0.15) is 316 Å². The molecule has 0 radical (unpaired) electrons. The monoisotopic (exact) mass is 993 g/mol. The number of hydrogen-bond donors (Lipinski definition) is 0.